The fourth-order valence-corrected chi connectivity index (χ4v) is 4.70. The van der Waals surface area contributed by atoms with E-state index in [-0.39, 0.29) is 36.1 Å². The Balaban J connectivity index is 1.88. The fourth-order valence-electron chi connectivity index (χ4n) is 4.70. The number of halogens is 1. The van der Waals surface area contributed by atoms with E-state index in [0.717, 1.165) is 17.7 Å². The summed E-state index contributed by atoms with van der Waals surface area (Å²) in [7, 11) is 1.60. The van der Waals surface area contributed by atoms with Gasteiger partial charge in [0.2, 0.25) is 17.7 Å². The van der Waals surface area contributed by atoms with Crippen LogP contribution in [0, 0.1) is 11.7 Å². The van der Waals surface area contributed by atoms with Crippen LogP contribution in [0.5, 0.6) is 5.75 Å². The van der Waals surface area contributed by atoms with Crippen molar-refractivity contribution in [3.05, 3.63) is 65.5 Å². The Bertz CT molecular complexity index is 1140. The van der Waals surface area contributed by atoms with E-state index in [1.807, 2.05) is 45.0 Å². The van der Waals surface area contributed by atoms with Crippen LogP contribution in [-0.2, 0) is 27.2 Å². The summed E-state index contributed by atoms with van der Waals surface area (Å²) in [5.41, 5.74) is 1.74. The second-order valence-electron chi connectivity index (χ2n) is 10.7. The topological polar surface area (TPSA) is 99.8 Å². The van der Waals surface area contributed by atoms with Gasteiger partial charge >= 0.3 is 0 Å². The molecule has 2 aromatic rings. The smallest absolute Gasteiger partial charge is 0.243 e. The maximum atomic E-state index is 13.6. The molecular weight excluding hydrogens is 511 g/mol. The number of para-hydroxylation sites is 1. The van der Waals surface area contributed by atoms with Gasteiger partial charge in [-0.2, -0.15) is 0 Å². The van der Waals surface area contributed by atoms with Gasteiger partial charge in [0.1, 0.15) is 29.8 Å². The van der Waals surface area contributed by atoms with Crippen molar-refractivity contribution < 1.29 is 23.5 Å². The van der Waals surface area contributed by atoms with E-state index < -0.39 is 24.0 Å². The van der Waals surface area contributed by atoms with Gasteiger partial charge in [-0.25, -0.2) is 4.39 Å². The van der Waals surface area contributed by atoms with Crippen molar-refractivity contribution in [1.82, 2.24) is 20.9 Å². The van der Waals surface area contributed by atoms with Gasteiger partial charge in [-0.05, 0) is 61.9 Å². The molecule has 0 fully saturated rings. The van der Waals surface area contributed by atoms with Crippen molar-refractivity contribution in [1.29, 1.82) is 0 Å². The summed E-state index contributed by atoms with van der Waals surface area (Å²) in [5.74, 6) is -0.552. The Morgan fingerprint density at radius 2 is 1.75 bits per heavy atom. The number of rotatable bonds is 4. The Hall–Kier alpha value is -3.46. The second-order valence-corrected chi connectivity index (χ2v) is 10.7. The number of nitrogens with one attached hydrogen (secondary N) is 3. The van der Waals surface area contributed by atoms with Gasteiger partial charge in [-0.1, -0.05) is 50.6 Å². The van der Waals surface area contributed by atoms with Crippen LogP contribution in [0.25, 0.3) is 0 Å². The van der Waals surface area contributed by atoms with Crippen molar-refractivity contribution in [2.24, 2.45) is 5.92 Å². The molecule has 2 aromatic carbocycles. The molecule has 0 unspecified atom stereocenters. The van der Waals surface area contributed by atoms with E-state index in [1.54, 1.807) is 26.1 Å². The molecule has 8 nitrogen and oxygen atoms in total. The number of carbonyl (C=O) groups is 3. The third-order valence-corrected chi connectivity index (χ3v) is 7.62. The molecule has 3 rings (SSSR count). The highest BCUT2D eigenvalue weighted by molar-refractivity contribution is 5.93. The summed E-state index contributed by atoms with van der Waals surface area (Å²) < 4.78 is 19.7. The first-order chi connectivity index (χ1) is 19.1. The van der Waals surface area contributed by atoms with Crippen molar-refractivity contribution >= 4 is 17.7 Å². The first-order valence-electron chi connectivity index (χ1n) is 14.2. The lowest BCUT2D eigenvalue weighted by molar-refractivity contribution is -0.141. The molecule has 0 spiro atoms. The molecule has 1 heterocycles. The average Bonchev–Trinajstić information content (AvgIpc) is 2.95. The highest BCUT2D eigenvalue weighted by Gasteiger charge is 2.33. The normalized spacial score (nSPS) is 24.6. The van der Waals surface area contributed by atoms with Gasteiger partial charge in [0.05, 0.1) is 6.04 Å². The van der Waals surface area contributed by atoms with Crippen LogP contribution in [0.1, 0.15) is 51.7 Å². The number of hydrogen-bond acceptors (Lipinski definition) is 5. The molecule has 0 aliphatic carbocycles. The Morgan fingerprint density at radius 1 is 1.05 bits per heavy atom. The number of ether oxygens (including phenoxy) is 1. The van der Waals surface area contributed by atoms with Crippen LogP contribution in [0.3, 0.4) is 0 Å². The summed E-state index contributed by atoms with van der Waals surface area (Å²) in [4.78, 5) is 41.6. The van der Waals surface area contributed by atoms with Gasteiger partial charge in [-0.15, -0.1) is 0 Å². The zero-order chi connectivity index (χ0) is 29.2. The number of nitrogens with zero attached hydrogens (tertiary/aromatic N) is 1. The molecule has 3 amide bonds. The molecule has 218 valence electrons. The summed E-state index contributed by atoms with van der Waals surface area (Å²) in [6.07, 6.45) is 2.14. The molecule has 0 aromatic heterocycles. The lowest BCUT2D eigenvalue weighted by Crippen LogP contribution is -2.57. The molecule has 1 aliphatic heterocycles. The van der Waals surface area contributed by atoms with Crippen LogP contribution in [0.15, 0.2) is 48.5 Å². The van der Waals surface area contributed by atoms with Crippen LogP contribution in [-0.4, -0.2) is 67.0 Å². The number of hydrogen-bond donors (Lipinski definition) is 3. The molecular formula is C31H43FN4O4. The van der Waals surface area contributed by atoms with Crippen molar-refractivity contribution in [2.75, 3.05) is 20.1 Å². The average molecular weight is 555 g/mol. The van der Waals surface area contributed by atoms with Crippen LogP contribution >= 0.6 is 0 Å². The minimum absolute atomic E-state index is 0.0206. The number of aryl methyl sites for hydroxylation is 1. The van der Waals surface area contributed by atoms with Crippen molar-refractivity contribution in [2.45, 2.75) is 77.6 Å². The summed E-state index contributed by atoms with van der Waals surface area (Å²) >= 11 is 0. The number of likely N-dealkylation sites (N-methyl/N-ethyl adjacent to an activating group) is 1. The number of benzene rings is 2. The van der Waals surface area contributed by atoms with E-state index in [9.17, 15) is 18.8 Å². The van der Waals surface area contributed by atoms with Gasteiger partial charge in [-0.3, -0.25) is 14.4 Å². The van der Waals surface area contributed by atoms with Gasteiger partial charge in [0.25, 0.3) is 0 Å². The molecule has 1 aliphatic rings. The van der Waals surface area contributed by atoms with Crippen molar-refractivity contribution in [3.63, 3.8) is 0 Å². The first-order valence-corrected chi connectivity index (χ1v) is 14.2. The zero-order valence-electron chi connectivity index (χ0n) is 24.2. The quantitative estimate of drug-likeness (QED) is 0.539. The van der Waals surface area contributed by atoms with E-state index in [4.69, 9.17) is 4.74 Å². The second kappa shape index (κ2) is 14.8. The molecule has 0 saturated carbocycles. The minimum Gasteiger partial charge on any atom is -0.489 e. The van der Waals surface area contributed by atoms with E-state index in [1.165, 1.54) is 17.0 Å². The SMILES string of the molecule is CC[C@H](C)[C@@H]1NC[C@@H](C)Oc2ccccc2CCCNC(=O)[C@@H](Cc2ccc(F)cc2)NC(=O)[C@@H](C)N(C)C1=O. The summed E-state index contributed by atoms with van der Waals surface area (Å²) in [5, 5.41) is 9.15. The van der Waals surface area contributed by atoms with Gasteiger partial charge in [0.15, 0.2) is 0 Å². The molecule has 0 radical (unpaired) electrons. The maximum Gasteiger partial charge on any atom is 0.243 e. The summed E-state index contributed by atoms with van der Waals surface area (Å²) in [6, 6.07) is 11.5. The molecule has 5 atom stereocenters. The Morgan fingerprint density at radius 3 is 2.45 bits per heavy atom. The lowest BCUT2D eigenvalue weighted by atomic mass is 9.97. The number of carbonyl (C=O) groups excluding carboxylic acids is 3. The number of amides is 3. The van der Waals surface area contributed by atoms with Gasteiger partial charge in [0, 0.05) is 26.6 Å². The van der Waals surface area contributed by atoms with Crippen LogP contribution in [0.4, 0.5) is 4.39 Å². The van der Waals surface area contributed by atoms with Gasteiger partial charge < -0.3 is 25.6 Å². The Labute approximate surface area is 237 Å². The molecule has 40 heavy (non-hydrogen) atoms. The highest BCUT2D eigenvalue weighted by Crippen LogP contribution is 2.21. The molecule has 3 N–H and O–H groups in total. The van der Waals surface area contributed by atoms with E-state index in [2.05, 4.69) is 16.0 Å². The van der Waals surface area contributed by atoms with Crippen LogP contribution < -0.4 is 20.7 Å². The number of fused-ring (bicyclic) bond motifs is 1. The minimum atomic E-state index is -0.886. The third-order valence-electron chi connectivity index (χ3n) is 7.62. The standard InChI is InChI=1S/C31H43FN4O4/c1-6-20(2)28-31(39)36(5)22(4)29(37)35-26(18-23-13-15-25(32)16-14-23)30(38)33-17-9-11-24-10-7-8-12-27(24)40-21(3)19-34-28/h7-8,10,12-16,20-22,26,28,34H,6,9,11,17-19H2,1-5H3,(H,33,38)(H,35,37)/t20-,21+,22+,26+,28-/m0/s1. The molecule has 0 saturated heterocycles. The summed E-state index contributed by atoms with van der Waals surface area (Å²) in [6.45, 7) is 8.50. The first kappa shape index (κ1) is 31.1. The monoisotopic (exact) mass is 554 g/mol. The highest BCUT2D eigenvalue weighted by atomic mass is 19.1. The predicted octanol–water partition coefficient (Wildman–Crippen LogP) is 3.23. The predicted molar refractivity (Wildman–Crippen MR) is 153 cm³/mol. The Kier molecular flexibility index (Phi) is 11.5. The molecule has 9 heteroatoms. The third kappa shape index (κ3) is 8.52. The van der Waals surface area contributed by atoms with Crippen molar-refractivity contribution in [3.8, 4) is 5.75 Å². The van der Waals surface area contributed by atoms with Crippen LogP contribution in [0.2, 0.25) is 0 Å². The molecule has 0 bridgehead atoms. The lowest BCUT2D eigenvalue weighted by Gasteiger charge is -2.33. The zero-order valence-corrected chi connectivity index (χ0v) is 24.2. The largest absolute Gasteiger partial charge is 0.489 e. The van der Waals surface area contributed by atoms with E-state index >= 15 is 0 Å². The fraction of sp³-hybridized carbons (Fsp3) is 0.516. The maximum absolute atomic E-state index is 13.6. The van der Waals surface area contributed by atoms with E-state index in [0.29, 0.717) is 31.5 Å².